The van der Waals surface area contributed by atoms with Gasteiger partial charge >= 0.3 is 59.7 Å². The number of hydrogen-bond donors (Lipinski definition) is 1. The van der Waals surface area contributed by atoms with Crippen molar-refractivity contribution in [3.05, 3.63) is 287 Å². The Morgan fingerprint density at radius 1 is 0.291 bits per heavy atom. The van der Waals surface area contributed by atoms with Gasteiger partial charge in [0.2, 0.25) is 12.2 Å². The SMILES string of the molecule is CC(=O)O[C@H]1[C@H](O[C@@H]2O[C@H](COC(=O)c3ccccc3)[C@@H](OC(=O)c3ccccc3)[C@H](OC(=O)c3ccccc3)[C@H]2OC(=O)c2ccccc2)[C@@H](OC(C)=O)C(OC(=N)C(Cl)(Cl)Cl)O[C@@H]1CO[C@@H]1O[C@H](COC(=O)c2ccccc2)[C@@H](OC(=O)c2ccccc2)[C@H](OC(=O)c2ccccc2)[C@H]1OC(=O)c1ccccc1. The van der Waals surface area contributed by atoms with Gasteiger partial charge in [0, 0.05) is 13.8 Å². The lowest BCUT2D eigenvalue weighted by Crippen LogP contribution is -2.68. The highest BCUT2D eigenvalue weighted by molar-refractivity contribution is 6.76. The Hall–Kier alpha value is -11.4. The van der Waals surface area contributed by atoms with Crippen LogP contribution in [-0.4, -0.2) is 181 Å². The molecule has 3 aliphatic rings. The quantitative estimate of drug-likeness (QED) is 0.0173. The molecule has 1 unspecified atom stereocenters. The maximum atomic E-state index is 14.8. The van der Waals surface area contributed by atoms with Gasteiger partial charge in [0.15, 0.2) is 61.4 Å². The molecule has 0 saturated carbocycles. The molecule has 0 aliphatic carbocycles. The van der Waals surface area contributed by atoms with Crippen LogP contribution in [0.15, 0.2) is 243 Å². The number of hydrogen-bond acceptors (Lipinski definition) is 27. The highest BCUT2D eigenvalue weighted by Gasteiger charge is 2.60. The molecular weight excluding hydrogens is 1500 g/mol. The van der Waals surface area contributed by atoms with Crippen LogP contribution >= 0.6 is 34.8 Å². The molecule has 3 saturated heterocycles. The maximum Gasteiger partial charge on any atom is 0.338 e. The molecule has 3 aliphatic heterocycles. The molecule has 570 valence electrons. The summed E-state index contributed by atoms with van der Waals surface area (Å²) >= 11 is 18.8. The van der Waals surface area contributed by atoms with Crippen LogP contribution in [0.25, 0.3) is 0 Å². The number of carbonyl (C=O) groups is 10. The van der Waals surface area contributed by atoms with Crippen molar-refractivity contribution in [1.29, 1.82) is 5.41 Å². The van der Waals surface area contributed by atoms with E-state index in [0.717, 1.165) is 13.8 Å². The molecule has 0 radical (unpaired) electrons. The summed E-state index contributed by atoms with van der Waals surface area (Å²) in [6.07, 6.45) is -31.2. The van der Waals surface area contributed by atoms with E-state index >= 15 is 0 Å². The van der Waals surface area contributed by atoms with Gasteiger partial charge < -0.3 is 75.8 Å². The molecule has 11 rings (SSSR count). The molecule has 1 N–H and O–H groups in total. The molecule has 0 aromatic heterocycles. The number of alkyl halides is 3. The number of rotatable bonds is 26. The minimum Gasteiger partial charge on any atom is -0.459 e. The Labute approximate surface area is 643 Å². The van der Waals surface area contributed by atoms with Crippen molar-refractivity contribution < 1.29 is 124 Å². The monoisotopic (exact) mass is 1560 g/mol. The van der Waals surface area contributed by atoms with E-state index in [2.05, 4.69) is 0 Å². The molecule has 30 heteroatoms. The summed E-state index contributed by atoms with van der Waals surface area (Å²) in [5, 5.41) is 8.90. The first kappa shape index (κ1) is 79.6. The molecule has 3 fully saturated rings. The fraction of sp³-hybridized carbons (Fsp3) is 0.263. The van der Waals surface area contributed by atoms with Gasteiger partial charge in [0.1, 0.15) is 37.6 Å². The predicted octanol–water partition coefficient (Wildman–Crippen LogP) is 10.9. The summed E-state index contributed by atoms with van der Waals surface area (Å²) in [5.41, 5.74) is -0.356. The van der Waals surface area contributed by atoms with Crippen LogP contribution in [0, 0.1) is 5.41 Å². The Morgan fingerprint density at radius 3 is 0.836 bits per heavy atom. The second-order valence-electron chi connectivity index (χ2n) is 24.5. The third-order valence-electron chi connectivity index (χ3n) is 16.9. The Balaban J connectivity index is 1.05. The lowest BCUT2D eigenvalue weighted by atomic mass is 9.95. The molecule has 110 heavy (non-hydrogen) atoms. The topological polar surface area (TPSA) is 342 Å². The second kappa shape index (κ2) is 37.6. The van der Waals surface area contributed by atoms with Gasteiger partial charge in [-0.1, -0.05) is 180 Å². The van der Waals surface area contributed by atoms with Crippen molar-refractivity contribution in [3.8, 4) is 0 Å². The first-order chi connectivity index (χ1) is 53.1. The smallest absolute Gasteiger partial charge is 0.338 e. The van der Waals surface area contributed by atoms with Gasteiger partial charge in [0.25, 0.3) is 3.79 Å². The number of halogens is 3. The number of carbonyl (C=O) groups excluding carboxylic acids is 10. The molecule has 8 aromatic carbocycles. The fourth-order valence-electron chi connectivity index (χ4n) is 11.7. The van der Waals surface area contributed by atoms with Crippen LogP contribution in [0.2, 0.25) is 0 Å². The molecular formula is C80H68Cl3NO26. The van der Waals surface area contributed by atoms with Crippen LogP contribution in [-0.2, 0) is 85.4 Å². The molecule has 8 aromatic rings. The average molecular weight is 1570 g/mol. The minimum atomic E-state index is -2.74. The van der Waals surface area contributed by atoms with Crippen molar-refractivity contribution in [3.63, 3.8) is 0 Å². The molecule has 0 amide bonds. The summed E-state index contributed by atoms with van der Waals surface area (Å²) in [6.45, 7) is -0.932. The lowest BCUT2D eigenvalue weighted by Gasteiger charge is -2.49. The molecule has 0 bridgehead atoms. The lowest BCUT2D eigenvalue weighted by molar-refractivity contribution is -0.359. The summed E-state index contributed by atoms with van der Waals surface area (Å²) in [4.78, 5) is 143. The standard InChI is InChI=1S/C80H68Cl3NO26/c1-46(85)98-59-58(45-97-76-65(107-74(93)54-39-23-9-24-40-54)62(105-72(91)52-35-19-7-20-36-52)60(103-70(89)50-31-15-5-16-32-50)56(100-76)43-95-68(87)48-27-11-3-12-28-48)102-78(110-79(84)80(81,82)83)66(99-47(2)86)64(59)109-77-67(108-75(94)55-41-25-10-26-42-55)63(106-73(92)53-37-21-8-22-38-53)61(104-71(90)51-33-17-6-18-34-51)57(101-77)44-96-69(88)49-29-13-4-14-30-49/h3-42,56-67,76-78,84H,43-45H2,1-2H3/t56-,57-,58-,59-,60-,61-,62+,63+,64+,65-,66-,67-,76-,77+,78?/m1/s1. The molecule has 3 heterocycles. The van der Waals surface area contributed by atoms with E-state index < -0.39 is 181 Å². The Morgan fingerprint density at radius 2 is 0.527 bits per heavy atom. The van der Waals surface area contributed by atoms with Crippen LogP contribution in [0.3, 0.4) is 0 Å². The molecule has 0 spiro atoms. The number of nitrogens with one attached hydrogen (secondary N) is 1. The van der Waals surface area contributed by atoms with E-state index in [1.54, 1.807) is 72.8 Å². The van der Waals surface area contributed by atoms with E-state index in [0.29, 0.717) is 0 Å². The number of esters is 10. The van der Waals surface area contributed by atoms with Crippen molar-refractivity contribution in [2.24, 2.45) is 0 Å². The minimum absolute atomic E-state index is 0.0254. The van der Waals surface area contributed by atoms with E-state index in [1.807, 2.05) is 0 Å². The third-order valence-corrected chi connectivity index (χ3v) is 17.4. The van der Waals surface area contributed by atoms with E-state index in [4.69, 9.17) is 116 Å². The van der Waals surface area contributed by atoms with Gasteiger partial charge in [-0.05, 0) is 97.1 Å². The van der Waals surface area contributed by atoms with E-state index in [-0.39, 0.29) is 44.5 Å². The first-order valence-corrected chi connectivity index (χ1v) is 35.1. The third kappa shape index (κ3) is 20.9. The van der Waals surface area contributed by atoms with Crippen molar-refractivity contribution in [2.45, 2.75) is 110 Å². The zero-order chi connectivity index (χ0) is 77.8. The predicted molar refractivity (Wildman–Crippen MR) is 384 cm³/mol. The second-order valence-corrected chi connectivity index (χ2v) is 26.8. The Bertz CT molecular complexity index is 4500. The zero-order valence-corrected chi connectivity index (χ0v) is 60.4. The van der Waals surface area contributed by atoms with Crippen LogP contribution in [0.4, 0.5) is 0 Å². The molecule has 15 atom stereocenters. The fourth-order valence-corrected chi connectivity index (χ4v) is 11.9. The first-order valence-electron chi connectivity index (χ1n) is 34.0. The van der Waals surface area contributed by atoms with Gasteiger partial charge in [-0.25, -0.2) is 38.4 Å². The zero-order valence-electron chi connectivity index (χ0n) is 58.1. The van der Waals surface area contributed by atoms with Crippen LogP contribution in [0.1, 0.15) is 96.7 Å². The maximum absolute atomic E-state index is 14.8. The van der Waals surface area contributed by atoms with E-state index in [9.17, 15) is 47.9 Å². The molecule has 27 nitrogen and oxygen atoms in total. The Kier molecular flexibility index (Phi) is 27.2. The van der Waals surface area contributed by atoms with Crippen molar-refractivity contribution in [1.82, 2.24) is 0 Å². The summed E-state index contributed by atoms with van der Waals surface area (Å²) in [5.74, 6) is -11.9. The summed E-state index contributed by atoms with van der Waals surface area (Å²) in [7, 11) is 0. The van der Waals surface area contributed by atoms with Gasteiger partial charge in [-0.15, -0.1) is 0 Å². The van der Waals surface area contributed by atoms with Gasteiger partial charge in [-0.3, -0.25) is 15.0 Å². The van der Waals surface area contributed by atoms with E-state index in [1.165, 1.54) is 170 Å². The van der Waals surface area contributed by atoms with Crippen LogP contribution in [0.5, 0.6) is 0 Å². The average Bonchev–Trinajstić information content (AvgIpc) is 0.777. The van der Waals surface area contributed by atoms with Crippen LogP contribution < -0.4 is 0 Å². The van der Waals surface area contributed by atoms with Crippen molar-refractivity contribution in [2.75, 3.05) is 19.8 Å². The normalized spacial score (nSPS) is 23.5. The highest BCUT2D eigenvalue weighted by atomic mass is 35.6. The number of ether oxygens (including phenoxy) is 16. The highest BCUT2D eigenvalue weighted by Crippen LogP contribution is 2.40. The summed E-state index contributed by atoms with van der Waals surface area (Å²) < 4.78 is 98.1. The van der Waals surface area contributed by atoms with Gasteiger partial charge in [-0.2, -0.15) is 0 Å². The van der Waals surface area contributed by atoms with Gasteiger partial charge in [0.05, 0.1) is 51.1 Å². The largest absolute Gasteiger partial charge is 0.459 e. The number of benzene rings is 8. The summed E-state index contributed by atoms with van der Waals surface area (Å²) in [6, 6.07) is 59.8. The van der Waals surface area contributed by atoms with Crippen molar-refractivity contribution >= 4 is 100 Å².